The van der Waals surface area contributed by atoms with E-state index in [0.717, 1.165) is 53.9 Å². The minimum absolute atomic E-state index is 0.00912. The zero-order chi connectivity index (χ0) is 19.5. The number of carbonyl (C=O) groups is 2. The van der Waals surface area contributed by atoms with Gasteiger partial charge in [-0.25, -0.2) is 0 Å². The summed E-state index contributed by atoms with van der Waals surface area (Å²) in [6, 6.07) is 15.4. The Morgan fingerprint density at radius 1 is 1.00 bits per heavy atom. The summed E-state index contributed by atoms with van der Waals surface area (Å²) >= 11 is 6.24. The van der Waals surface area contributed by atoms with Gasteiger partial charge >= 0.3 is 0 Å². The Morgan fingerprint density at radius 3 is 2.57 bits per heavy atom. The highest BCUT2D eigenvalue weighted by Crippen LogP contribution is 2.49. The average Bonchev–Trinajstić information content (AvgIpc) is 3.29. The first-order valence-electron chi connectivity index (χ1n) is 10.0. The van der Waals surface area contributed by atoms with E-state index in [1.807, 2.05) is 48.5 Å². The van der Waals surface area contributed by atoms with Crippen LogP contribution in [0.15, 0.2) is 48.5 Å². The van der Waals surface area contributed by atoms with Crippen molar-refractivity contribution in [2.45, 2.75) is 44.6 Å². The van der Waals surface area contributed by atoms with E-state index in [1.54, 1.807) is 0 Å². The number of amides is 2. The zero-order valence-corrected chi connectivity index (χ0v) is 16.5. The molecule has 2 N–H and O–H groups in total. The molecule has 0 aliphatic heterocycles. The lowest BCUT2D eigenvalue weighted by molar-refractivity contribution is -0.122. The lowest BCUT2D eigenvalue weighted by Gasteiger charge is -2.12. The monoisotopic (exact) mass is 396 g/mol. The third kappa shape index (κ3) is 4.39. The maximum absolute atomic E-state index is 12.5. The fraction of sp³-hybridized carbons (Fsp3) is 0.391. The molecule has 0 spiro atoms. The lowest BCUT2D eigenvalue weighted by atomic mass is 10.1. The van der Waals surface area contributed by atoms with Crippen molar-refractivity contribution in [2.75, 3.05) is 5.32 Å². The molecule has 2 amide bonds. The van der Waals surface area contributed by atoms with Gasteiger partial charge in [0.15, 0.2) is 0 Å². The summed E-state index contributed by atoms with van der Waals surface area (Å²) in [6.45, 7) is 0.456. The van der Waals surface area contributed by atoms with Crippen LogP contribution in [0.2, 0.25) is 5.02 Å². The van der Waals surface area contributed by atoms with Gasteiger partial charge in [0.05, 0.1) is 0 Å². The summed E-state index contributed by atoms with van der Waals surface area (Å²) in [4.78, 5) is 24.8. The Labute approximate surface area is 170 Å². The summed E-state index contributed by atoms with van der Waals surface area (Å²) < 4.78 is 0. The van der Waals surface area contributed by atoms with Crippen LogP contribution in [-0.2, 0) is 16.1 Å². The highest BCUT2D eigenvalue weighted by molar-refractivity contribution is 6.31. The maximum Gasteiger partial charge on any atom is 0.227 e. The highest BCUT2D eigenvalue weighted by Gasteiger charge is 2.44. The Morgan fingerprint density at radius 2 is 1.79 bits per heavy atom. The van der Waals surface area contributed by atoms with Crippen LogP contribution in [0.1, 0.15) is 49.1 Å². The van der Waals surface area contributed by atoms with Crippen molar-refractivity contribution in [3.63, 3.8) is 0 Å². The van der Waals surface area contributed by atoms with E-state index in [9.17, 15) is 9.59 Å². The Bertz CT molecular complexity index is 876. The smallest absolute Gasteiger partial charge is 0.227 e. The van der Waals surface area contributed by atoms with Gasteiger partial charge in [0.2, 0.25) is 11.8 Å². The zero-order valence-electron chi connectivity index (χ0n) is 15.8. The van der Waals surface area contributed by atoms with Crippen LogP contribution in [0.3, 0.4) is 0 Å². The Balaban J connectivity index is 1.30. The molecular weight excluding hydrogens is 372 g/mol. The summed E-state index contributed by atoms with van der Waals surface area (Å²) in [6.07, 6.45) is 5.08. The summed E-state index contributed by atoms with van der Waals surface area (Å²) in [5.41, 5.74) is 2.83. The van der Waals surface area contributed by atoms with E-state index in [-0.39, 0.29) is 29.6 Å². The van der Waals surface area contributed by atoms with Crippen molar-refractivity contribution in [1.29, 1.82) is 0 Å². The second-order valence-electron chi connectivity index (χ2n) is 7.86. The molecule has 0 heterocycles. The van der Waals surface area contributed by atoms with E-state index in [2.05, 4.69) is 10.6 Å². The number of rotatable bonds is 6. The first kappa shape index (κ1) is 19.0. The molecule has 2 atom stereocenters. The number of anilines is 1. The van der Waals surface area contributed by atoms with Crippen molar-refractivity contribution in [3.05, 3.63) is 64.7 Å². The molecule has 2 unspecified atom stereocenters. The van der Waals surface area contributed by atoms with Crippen molar-refractivity contribution >= 4 is 29.1 Å². The van der Waals surface area contributed by atoms with Crippen LogP contribution in [0, 0.1) is 11.8 Å². The summed E-state index contributed by atoms with van der Waals surface area (Å²) in [5, 5.41) is 6.77. The molecule has 2 aliphatic carbocycles. The molecule has 0 bridgehead atoms. The van der Waals surface area contributed by atoms with Gasteiger partial charge in [0.1, 0.15) is 0 Å². The molecule has 2 aromatic carbocycles. The van der Waals surface area contributed by atoms with Crippen molar-refractivity contribution < 1.29 is 9.59 Å². The van der Waals surface area contributed by atoms with Gasteiger partial charge in [-0.15, -0.1) is 0 Å². The largest absolute Gasteiger partial charge is 0.352 e. The molecule has 0 aromatic heterocycles. The molecule has 4 rings (SSSR count). The molecular formula is C23H25ClN2O2. The van der Waals surface area contributed by atoms with Crippen LogP contribution in [0.25, 0.3) is 0 Å². The fourth-order valence-corrected chi connectivity index (χ4v) is 4.39. The van der Waals surface area contributed by atoms with Gasteiger partial charge < -0.3 is 10.6 Å². The van der Waals surface area contributed by atoms with E-state index in [1.165, 1.54) is 0 Å². The molecule has 2 aromatic rings. The van der Waals surface area contributed by atoms with Crippen molar-refractivity contribution in [1.82, 2.24) is 5.32 Å². The fourth-order valence-electron chi connectivity index (χ4n) is 4.12. The molecule has 4 nitrogen and oxygen atoms in total. The maximum atomic E-state index is 12.5. The minimum Gasteiger partial charge on any atom is -0.352 e. The standard InChI is InChI=1S/C23H25ClN2O2/c24-21-11-4-3-10-18(21)19-13-20(19)23(28)25-14-15-6-5-9-17(12-15)26-22(27)16-7-1-2-8-16/h3-6,9-12,16,19-20H,1-2,7-8,13-14H2,(H,25,28)(H,26,27). The highest BCUT2D eigenvalue weighted by atomic mass is 35.5. The molecule has 2 saturated carbocycles. The third-order valence-corrected chi connectivity index (χ3v) is 6.16. The van der Waals surface area contributed by atoms with Gasteiger partial charge in [0.25, 0.3) is 0 Å². The number of nitrogens with one attached hydrogen (secondary N) is 2. The Hall–Kier alpha value is -2.33. The van der Waals surface area contributed by atoms with Gasteiger partial charge in [-0.05, 0) is 54.5 Å². The van der Waals surface area contributed by atoms with Gasteiger partial charge in [-0.1, -0.05) is 54.8 Å². The first-order valence-corrected chi connectivity index (χ1v) is 10.4. The minimum atomic E-state index is -0.00912. The molecule has 0 saturated heterocycles. The normalized spacial score (nSPS) is 21.3. The van der Waals surface area contributed by atoms with Crippen LogP contribution < -0.4 is 10.6 Å². The van der Waals surface area contributed by atoms with Crippen LogP contribution >= 0.6 is 11.6 Å². The van der Waals surface area contributed by atoms with Crippen LogP contribution in [-0.4, -0.2) is 11.8 Å². The average molecular weight is 397 g/mol. The number of carbonyl (C=O) groups excluding carboxylic acids is 2. The van der Waals surface area contributed by atoms with Gasteiger partial charge in [0, 0.05) is 29.1 Å². The number of hydrogen-bond donors (Lipinski definition) is 2. The quantitative estimate of drug-likeness (QED) is 0.730. The van der Waals surface area contributed by atoms with Crippen molar-refractivity contribution in [3.8, 4) is 0 Å². The Kier molecular flexibility index (Phi) is 5.67. The van der Waals surface area contributed by atoms with E-state index >= 15 is 0 Å². The SMILES string of the molecule is O=C(Nc1cccc(CNC(=O)C2CC2c2ccccc2Cl)c1)C1CCCC1. The second kappa shape index (κ2) is 8.36. The van der Waals surface area contributed by atoms with Crippen LogP contribution in [0.4, 0.5) is 5.69 Å². The van der Waals surface area contributed by atoms with E-state index in [0.29, 0.717) is 6.54 Å². The second-order valence-corrected chi connectivity index (χ2v) is 8.27. The van der Waals surface area contributed by atoms with Gasteiger partial charge in [-0.3, -0.25) is 9.59 Å². The lowest BCUT2D eigenvalue weighted by Crippen LogP contribution is -2.25. The summed E-state index contributed by atoms with van der Waals surface area (Å²) in [5.74, 6) is 0.514. The molecule has 2 aliphatic rings. The molecule has 28 heavy (non-hydrogen) atoms. The van der Waals surface area contributed by atoms with E-state index in [4.69, 9.17) is 11.6 Å². The van der Waals surface area contributed by atoms with Crippen LogP contribution in [0.5, 0.6) is 0 Å². The van der Waals surface area contributed by atoms with Crippen molar-refractivity contribution in [2.24, 2.45) is 11.8 Å². The molecule has 0 radical (unpaired) electrons. The third-order valence-electron chi connectivity index (χ3n) is 5.82. The molecule has 5 heteroatoms. The number of halogens is 1. The first-order chi connectivity index (χ1) is 13.6. The predicted molar refractivity (Wildman–Crippen MR) is 111 cm³/mol. The summed E-state index contributed by atoms with van der Waals surface area (Å²) in [7, 11) is 0. The van der Waals surface area contributed by atoms with Gasteiger partial charge in [-0.2, -0.15) is 0 Å². The predicted octanol–water partition coefficient (Wildman–Crippen LogP) is 4.89. The topological polar surface area (TPSA) is 58.2 Å². The van der Waals surface area contributed by atoms with E-state index < -0.39 is 0 Å². The molecule has 146 valence electrons. The number of benzene rings is 2. The number of hydrogen-bond acceptors (Lipinski definition) is 2. The molecule has 2 fully saturated rings.